The van der Waals surface area contributed by atoms with Gasteiger partial charge in [-0.15, -0.1) is 0 Å². The number of fused-ring (bicyclic) bond motifs is 3. The van der Waals surface area contributed by atoms with Crippen molar-refractivity contribution in [3.63, 3.8) is 0 Å². The number of carbonyl (C=O) groups excluding carboxylic acids is 1. The van der Waals surface area contributed by atoms with Gasteiger partial charge in [0.1, 0.15) is 4.32 Å². The number of thiocarbonyl (C=S) groups is 1. The van der Waals surface area contributed by atoms with Gasteiger partial charge < -0.3 is 0 Å². The van der Waals surface area contributed by atoms with Gasteiger partial charge in [-0.1, -0.05) is 55.2 Å². The standard InChI is InChI=1S/C13H13NOS2/c1-2-11(15)14-12-9-6-4-3-5-8(9)7-10(12)17-13(14)16/h3-6,10,12H,2,7H2,1H3. The normalized spacial score (nSPS) is 25.9. The fraction of sp³-hybridized carbons (Fsp3) is 0.385. The Morgan fingerprint density at radius 2 is 2.29 bits per heavy atom. The highest BCUT2D eigenvalue weighted by atomic mass is 32.2. The minimum atomic E-state index is 0.145. The molecule has 0 N–H and O–H groups in total. The summed E-state index contributed by atoms with van der Waals surface area (Å²) >= 11 is 7.02. The van der Waals surface area contributed by atoms with Crippen LogP contribution in [0.3, 0.4) is 0 Å². The number of carbonyl (C=O) groups is 1. The van der Waals surface area contributed by atoms with Crippen molar-refractivity contribution in [3.05, 3.63) is 35.4 Å². The van der Waals surface area contributed by atoms with Crippen molar-refractivity contribution in [3.8, 4) is 0 Å². The first-order valence-corrected chi connectivity index (χ1v) is 7.11. The summed E-state index contributed by atoms with van der Waals surface area (Å²) in [5.74, 6) is 0.145. The van der Waals surface area contributed by atoms with E-state index in [0.717, 1.165) is 10.7 Å². The van der Waals surface area contributed by atoms with Crippen molar-refractivity contribution in [2.75, 3.05) is 0 Å². The van der Waals surface area contributed by atoms with Gasteiger partial charge in [0.25, 0.3) is 0 Å². The summed E-state index contributed by atoms with van der Waals surface area (Å²) in [6.45, 7) is 1.89. The van der Waals surface area contributed by atoms with E-state index in [9.17, 15) is 4.79 Å². The molecule has 1 heterocycles. The van der Waals surface area contributed by atoms with Crippen molar-refractivity contribution >= 4 is 34.2 Å². The lowest BCUT2D eigenvalue weighted by Crippen LogP contribution is -2.33. The summed E-state index contributed by atoms with van der Waals surface area (Å²) in [6.07, 6.45) is 1.55. The van der Waals surface area contributed by atoms with E-state index in [2.05, 4.69) is 18.2 Å². The summed E-state index contributed by atoms with van der Waals surface area (Å²) in [4.78, 5) is 13.8. The molecule has 2 atom stereocenters. The molecular formula is C13H13NOS2. The van der Waals surface area contributed by atoms with Crippen LogP contribution in [0.4, 0.5) is 0 Å². The Labute approximate surface area is 110 Å². The van der Waals surface area contributed by atoms with Gasteiger partial charge in [-0.3, -0.25) is 9.69 Å². The maximum absolute atomic E-state index is 12.0. The predicted octanol–water partition coefficient (Wildman–Crippen LogP) is 2.92. The molecule has 1 saturated heterocycles. The van der Waals surface area contributed by atoms with Gasteiger partial charge in [0.05, 0.1) is 6.04 Å². The van der Waals surface area contributed by atoms with Crippen LogP contribution < -0.4 is 0 Å². The Balaban J connectivity index is 2.03. The van der Waals surface area contributed by atoms with E-state index in [-0.39, 0.29) is 11.9 Å². The van der Waals surface area contributed by atoms with E-state index in [1.807, 2.05) is 17.9 Å². The van der Waals surface area contributed by atoms with Crippen LogP contribution in [0.5, 0.6) is 0 Å². The van der Waals surface area contributed by atoms with Gasteiger partial charge in [0.2, 0.25) is 5.91 Å². The second-order valence-electron chi connectivity index (χ2n) is 4.39. The van der Waals surface area contributed by atoms with E-state index >= 15 is 0 Å². The van der Waals surface area contributed by atoms with Crippen LogP contribution in [0.1, 0.15) is 30.5 Å². The molecule has 1 amide bonds. The fourth-order valence-corrected chi connectivity index (χ4v) is 4.51. The van der Waals surface area contributed by atoms with Gasteiger partial charge in [-0.2, -0.15) is 0 Å². The van der Waals surface area contributed by atoms with Crippen molar-refractivity contribution in [1.29, 1.82) is 0 Å². The first-order valence-electron chi connectivity index (χ1n) is 5.83. The van der Waals surface area contributed by atoms with Crippen LogP contribution in [-0.2, 0) is 11.2 Å². The highest BCUT2D eigenvalue weighted by Crippen LogP contribution is 2.49. The van der Waals surface area contributed by atoms with Crippen LogP contribution >= 0.6 is 24.0 Å². The molecule has 0 spiro atoms. The lowest BCUT2D eigenvalue weighted by Gasteiger charge is -2.23. The van der Waals surface area contributed by atoms with Gasteiger partial charge in [0.15, 0.2) is 0 Å². The minimum Gasteiger partial charge on any atom is -0.289 e. The van der Waals surface area contributed by atoms with Crippen LogP contribution in [0.25, 0.3) is 0 Å². The molecule has 1 aromatic carbocycles. The maximum Gasteiger partial charge on any atom is 0.228 e. The van der Waals surface area contributed by atoms with Crippen LogP contribution in [0.2, 0.25) is 0 Å². The summed E-state index contributed by atoms with van der Waals surface area (Å²) in [7, 11) is 0. The highest BCUT2D eigenvalue weighted by Gasteiger charge is 2.46. The van der Waals surface area contributed by atoms with E-state index in [0.29, 0.717) is 11.7 Å². The smallest absolute Gasteiger partial charge is 0.228 e. The fourth-order valence-electron chi connectivity index (χ4n) is 2.68. The molecule has 0 radical (unpaired) electrons. The summed E-state index contributed by atoms with van der Waals surface area (Å²) < 4.78 is 0.751. The Bertz CT molecular complexity index is 492. The molecule has 0 bridgehead atoms. The Kier molecular flexibility index (Phi) is 2.71. The monoisotopic (exact) mass is 263 g/mol. The number of amides is 1. The van der Waals surface area contributed by atoms with Gasteiger partial charge in [-0.25, -0.2) is 0 Å². The summed E-state index contributed by atoms with van der Waals surface area (Å²) in [5, 5.41) is 0.426. The Morgan fingerprint density at radius 3 is 3.06 bits per heavy atom. The third-order valence-electron chi connectivity index (χ3n) is 3.45. The molecule has 3 rings (SSSR count). The number of thioether (sulfide) groups is 1. The highest BCUT2D eigenvalue weighted by molar-refractivity contribution is 8.23. The molecule has 4 heteroatoms. The third-order valence-corrected chi connectivity index (χ3v) is 5.06. The summed E-state index contributed by atoms with van der Waals surface area (Å²) in [6, 6.07) is 8.57. The zero-order valence-corrected chi connectivity index (χ0v) is 11.2. The topological polar surface area (TPSA) is 20.3 Å². The first kappa shape index (κ1) is 11.2. The molecule has 2 unspecified atom stereocenters. The quantitative estimate of drug-likeness (QED) is 0.727. The second kappa shape index (κ2) is 4.10. The second-order valence-corrected chi connectivity index (χ2v) is 6.26. The van der Waals surface area contributed by atoms with E-state index < -0.39 is 0 Å². The molecule has 88 valence electrons. The lowest BCUT2D eigenvalue weighted by atomic mass is 10.1. The zero-order valence-electron chi connectivity index (χ0n) is 9.55. The molecule has 2 aliphatic rings. The molecule has 1 fully saturated rings. The number of nitrogens with zero attached hydrogens (tertiary/aromatic N) is 1. The molecule has 2 nitrogen and oxygen atoms in total. The molecule has 1 aliphatic carbocycles. The number of rotatable bonds is 1. The van der Waals surface area contributed by atoms with Crippen LogP contribution in [-0.4, -0.2) is 20.4 Å². The van der Waals surface area contributed by atoms with E-state index in [1.165, 1.54) is 11.1 Å². The molecule has 0 aromatic heterocycles. The van der Waals surface area contributed by atoms with Crippen LogP contribution in [0.15, 0.2) is 24.3 Å². The van der Waals surface area contributed by atoms with Gasteiger partial charge in [0, 0.05) is 11.7 Å². The average Bonchev–Trinajstić information content (AvgIpc) is 2.82. The van der Waals surface area contributed by atoms with Gasteiger partial charge >= 0.3 is 0 Å². The zero-order chi connectivity index (χ0) is 12.0. The molecular weight excluding hydrogens is 250 g/mol. The number of benzene rings is 1. The average molecular weight is 263 g/mol. The van der Waals surface area contributed by atoms with E-state index in [1.54, 1.807) is 11.8 Å². The third kappa shape index (κ3) is 1.62. The summed E-state index contributed by atoms with van der Waals surface area (Å²) in [5.41, 5.74) is 2.65. The van der Waals surface area contributed by atoms with Crippen molar-refractivity contribution < 1.29 is 4.79 Å². The Hall–Kier alpha value is -0.870. The Morgan fingerprint density at radius 1 is 1.53 bits per heavy atom. The maximum atomic E-state index is 12.0. The van der Waals surface area contributed by atoms with Crippen molar-refractivity contribution in [2.24, 2.45) is 0 Å². The van der Waals surface area contributed by atoms with Crippen molar-refractivity contribution in [1.82, 2.24) is 4.90 Å². The molecule has 1 aliphatic heterocycles. The molecule has 17 heavy (non-hydrogen) atoms. The molecule has 0 saturated carbocycles. The minimum absolute atomic E-state index is 0.145. The largest absolute Gasteiger partial charge is 0.289 e. The lowest BCUT2D eigenvalue weighted by molar-refractivity contribution is -0.128. The molecule has 1 aromatic rings. The van der Waals surface area contributed by atoms with Crippen LogP contribution in [0, 0.1) is 0 Å². The number of hydrogen-bond acceptors (Lipinski definition) is 3. The first-order chi connectivity index (χ1) is 8.22. The predicted molar refractivity (Wildman–Crippen MR) is 74.0 cm³/mol. The van der Waals surface area contributed by atoms with Crippen molar-refractivity contribution in [2.45, 2.75) is 31.1 Å². The van der Waals surface area contributed by atoms with Gasteiger partial charge in [-0.05, 0) is 17.5 Å². The SMILES string of the molecule is CCC(=O)N1C(=S)SC2Cc3ccccc3C21. The van der Waals surface area contributed by atoms with E-state index in [4.69, 9.17) is 12.2 Å². The number of hydrogen-bond donors (Lipinski definition) is 0.